The van der Waals surface area contributed by atoms with Crippen LogP contribution in [0.3, 0.4) is 0 Å². The Morgan fingerprint density at radius 3 is 2.76 bits per heavy atom. The van der Waals surface area contributed by atoms with Crippen LogP contribution in [0, 0.1) is 0 Å². The predicted octanol–water partition coefficient (Wildman–Crippen LogP) is 3.94. The van der Waals surface area contributed by atoms with Gasteiger partial charge >= 0.3 is 0 Å². The molecule has 3 aromatic rings. The van der Waals surface area contributed by atoms with Gasteiger partial charge in [-0.15, -0.1) is 10.2 Å². The van der Waals surface area contributed by atoms with E-state index in [1.54, 1.807) is 24.9 Å². The van der Waals surface area contributed by atoms with Crippen LogP contribution in [0.15, 0.2) is 65.8 Å². The number of aromatic nitrogens is 3. The molecule has 7 nitrogen and oxygen atoms in total. The second kappa shape index (κ2) is 11.7. The molecule has 0 unspecified atom stereocenters. The molecule has 1 amide bonds. The zero-order chi connectivity index (χ0) is 22.9. The van der Waals surface area contributed by atoms with Crippen molar-refractivity contribution in [1.82, 2.24) is 20.1 Å². The molecule has 0 saturated carbocycles. The van der Waals surface area contributed by atoms with E-state index in [9.17, 15) is 4.79 Å². The van der Waals surface area contributed by atoms with Crippen LogP contribution in [-0.2, 0) is 22.6 Å². The van der Waals surface area contributed by atoms with Crippen molar-refractivity contribution in [3.63, 3.8) is 0 Å². The number of nitrogens with zero attached hydrogens (tertiary/aromatic N) is 3. The molecule has 1 aliphatic rings. The lowest BCUT2D eigenvalue weighted by atomic mass is 10.2. The Bertz CT molecular complexity index is 1060. The van der Waals surface area contributed by atoms with Crippen LogP contribution < -0.4 is 10.1 Å². The van der Waals surface area contributed by atoms with E-state index in [1.807, 2.05) is 42.5 Å². The summed E-state index contributed by atoms with van der Waals surface area (Å²) in [5.74, 6) is 2.17. The number of ether oxygens (including phenoxy) is 2. The van der Waals surface area contributed by atoms with Gasteiger partial charge in [0.15, 0.2) is 11.0 Å². The number of nitrogens with one attached hydrogen (secondary N) is 1. The molecule has 8 heteroatoms. The smallest absolute Gasteiger partial charge is 0.244 e. The maximum atomic E-state index is 12.4. The standard InChI is InChI=1S/C25H28N4O3S/c1-31-21-12-9-19(10-13-21)11-14-24(30)26-16-23-27-28-25(33-18-22-8-5-15-32-22)29(23)17-20-6-3-2-4-7-20/h2-4,6-7,9-14,22H,5,8,15-18H2,1H3,(H,26,30)/b14-11+/t22-/m1/s1. The van der Waals surface area contributed by atoms with E-state index < -0.39 is 0 Å². The first kappa shape index (κ1) is 23.1. The highest BCUT2D eigenvalue weighted by Gasteiger charge is 2.19. The summed E-state index contributed by atoms with van der Waals surface area (Å²) < 4.78 is 13.0. The Balaban J connectivity index is 1.40. The van der Waals surface area contributed by atoms with Gasteiger partial charge in [-0.3, -0.25) is 4.79 Å². The highest BCUT2D eigenvalue weighted by atomic mass is 32.2. The van der Waals surface area contributed by atoms with Crippen molar-refractivity contribution >= 4 is 23.7 Å². The minimum absolute atomic E-state index is 0.186. The number of benzene rings is 2. The van der Waals surface area contributed by atoms with Crippen LogP contribution in [0.5, 0.6) is 5.75 Å². The topological polar surface area (TPSA) is 78.3 Å². The van der Waals surface area contributed by atoms with Gasteiger partial charge in [0.2, 0.25) is 5.91 Å². The highest BCUT2D eigenvalue weighted by Crippen LogP contribution is 2.24. The molecule has 172 valence electrons. The molecule has 1 fully saturated rings. The minimum atomic E-state index is -0.186. The molecule has 0 spiro atoms. The highest BCUT2D eigenvalue weighted by molar-refractivity contribution is 7.99. The average Bonchev–Trinajstić information content (AvgIpc) is 3.51. The molecule has 0 bridgehead atoms. The van der Waals surface area contributed by atoms with Gasteiger partial charge in [-0.1, -0.05) is 54.2 Å². The van der Waals surface area contributed by atoms with Gasteiger partial charge in [0, 0.05) is 18.4 Å². The Kier molecular flexibility index (Phi) is 8.16. The monoisotopic (exact) mass is 464 g/mol. The molecular formula is C25H28N4O3S. The Morgan fingerprint density at radius 2 is 2.03 bits per heavy atom. The molecule has 4 rings (SSSR count). The van der Waals surface area contributed by atoms with E-state index in [0.717, 1.165) is 53.1 Å². The van der Waals surface area contributed by atoms with E-state index in [2.05, 4.69) is 32.2 Å². The third-order valence-corrected chi connectivity index (χ3v) is 6.46. The van der Waals surface area contributed by atoms with Crippen LogP contribution >= 0.6 is 11.8 Å². The number of thioether (sulfide) groups is 1. The zero-order valence-corrected chi connectivity index (χ0v) is 19.5. The van der Waals surface area contributed by atoms with Crippen molar-refractivity contribution in [2.24, 2.45) is 0 Å². The van der Waals surface area contributed by atoms with Crippen LogP contribution in [-0.4, -0.2) is 46.2 Å². The van der Waals surface area contributed by atoms with E-state index in [1.165, 1.54) is 6.08 Å². The number of carbonyl (C=O) groups is 1. The van der Waals surface area contributed by atoms with Gasteiger partial charge in [0.25, 0.3) is 0 Å². The maximum absolute atomic E-state index is 12.4. The molecule has 1 aliphatic heterocycles. The fourth-order valence-corrected chi connectivity index (χ4v) is 4.56. The number of methoxy groups -OCH3 is 1. The Morgan fingerprint density at radius 1 is 1.21 bits per heavy atom. The summed E-state index contributed by atoms with van der Waals surface area (Å²) in [5, 5.41) is 12.5. The molecule has 1 N–H and O–H groups in total. The Labute approximate surface area is 198 Å². The van der Waals surface area contributed by atoms with Gasteiger partial charge in [-0.05, 0) is 42.2 Å². The van der Waals surface area contributed by atoms with Gasteiger partial charge in [-0.2, -0.15) is 0 Å². The summed E-state index contributed by atoms with van der Waals surface area (Å²) in [4.78, 5) is 12.4. The fraction of sp³-hybridized carbons (Fsp3) is 0.320. The first-order valence-electron chi connectivity index (χ1n) is 11.0. The molecular weight excluding hydrogens is 436 g/mol. The summed E-state index contributed by atoms with van der Waals surface area (Å²) in [6, 6.07) is 17.7. The van der Waals surface area contributed by atoms with Crippen LogP contribution in [0.25, 0.3) is 6.08 Å². The quantitative estimate of drug-likeness (QED) is 0.362. The lowest BCUT2D eigenvalue weighted by molar-refractivity contribution is -0.116. The number of hydrogen-bond acceptors (Lipinski definition) is 6. The van der Waals surface area contributed by atoms with Crippen molar-refractivity contribution in [2.75, 3.05) is 19.5 Å². The number of hydrogen-bond donors (Lipinski definition) is 1. The normalized spacial score (nSPS) is 15.7. The summed E-state index contributed by atoms with van der Waals surface area (Å²) >= 11 is 1.66. The SMILES string of the molecule is COc1ccc(/C=C/C(=O)NCc2nnc(SC[C@H]3CCCO3)n2Cc2ccccc2)cc1. The first-order valence-corrected chi connectivity index (χ1v) is 12.0. The molecule has 33 heavy (non-hydrogen) atoms. The molecule has 1 aromatic heterocycles. The number of rotatable bonds is 10. The van der Waals surface area contributed by atoms with Crippen LogP contribution in [0.1, 0.15) is 29.8 Å². The van der Waals surface area contributed by atoms with Crippen molar-refractivity contribution in [3.8, 4) is 5.75 Å². The Hall–Kier alpha value is -3.10. The summed E-state index contributed by atoms with van der Waals surface area (Å²) in [5.41, 5.74) is 2.08. The van der Waals surface area contributed by atoms with Crippen LogP contribution in [0.4, 0.5) is 0 Å². The lowest BCUT2D eigenvalue weighted by Gasteiger charge is -2.12. The van der Waals surface area contributed by atoms with E-state index in [4.69, 9.17) is 9.47 Å². The lowest BCUT2D eigenvalue weighted by Crippen LogP contribution is -2.23. The van der Waals surface area contributed by atoms with E-state index in [0.29, 0.717) is 13.1 Å². The molecule has 2 heterocycles. The third-order valence-electron chi connectivity index (χ3n) is 5.36. The van der Waals surface area contributed by atoms with Crippen molar-refractivity contribution in [2.45, 2.75) is 37.2 Å². The van der Waals surface area contributed by atoms with Gasteiger partial charge in [-0.25, -0.2) is 0 Å². The van der Waals surface area contributed by atoms with Crippen molar-refractivity contribution in [3.05, 3.63) is 77.6 Å². The first-order chi connectivity index (χ1) is 16.2. The summed E-state index contributed by atoms with van der Waals surface area (Å²) in [6.45, 7) is 1.78. The van der Waals surface area contributed by atoms with Crippen molar-refractivity contribution in [1.29, 1.82) is 0 Å². The van der Waals surface area contributed by atoms with Crippen molar-refractivity contribution < 1.29 is 14.3 Å². The average molecular weight is 465 g/mol. The molecule has 1 atom stereocenters. The second-order valence-corrected chi connectivity index (χ2v) is 8.73. The van der Waals surface area contributed by atoms with Crippen LogP contribution in [0.2, 0.25) is 0 Å². The van der Waals surface area contributed by atoms with Gasteiger partial charge in [0.1, 0.15) is 5.75 Å². The predicted molar refractivity (Wildman–Crippen MR) is 129 cm³/mol. The van der Waals surface area contributed by atoms with E-state index >= 15 is 0 Å². The largest absolute Gasteiger partial charge is 0.497 e. The van der Waals surface area contributed by atoms with Gasteiger partial charge < -0.3 is 19.4 Å². The maximum Gasteiger partial charge on any atom is 0.244 e. The summed E-state index contributed by atoms with van der Waals surface area (Å²) in [7, 11) is 1.63. The fourth-order valence-electron chi connectivity index (χ4n) is 3.54. The third kappa shape index (κ3) is 6.69. The molecule has 1 saturated heterocycles. The zero-order valence-electron chi connectivity index (χ0n) is 18.6. The molecule has 2 aromatic carbocycles. The number of carbonyl (C=O) groups excluding carboxylic acids is 1. The van der Waals surface area contributed by atoms with E-state index in [-0.39, 0.29) is 12.0 Å². The second-order valence-electron chi connectivity index (χ2n) is 7.74. The summed E-state index contributed by atoms with van der Waals surface area (Å²) in [6.07, 6.45) is 5.76. The van der Waals surface area contributed by atoms with Gasteiger partial charge in [0.05, 0.1) is 26.3 Å². The molecule has 0 aliphatic carbocycles. The minimum Gasteiger partial charge on any atom is -0.497 e. The number of amides is 1. The molecule has 0 radical (unpaired) electrons.